The van der Waals surface area contributed by atoms with Gasteiger partial charge in [-0.05, 0) is 24.6 Å². The van der Waals surface area contributed by atoms with Gasteiger partial charge in [0.1, 0.15) is 5.75 Å². The van der Waals surface area contributed by atoms with Crippen LogP contribution in [0.5, 0.6) is 5.75 Å². The third-order valence-electron chi connectivity index (χ3n) is 4.77. The van der Waals surface area contributed by atoms with Crippen LogP contribution in [0.4, 0.5) is 0 Å². The molecule has 0 saturated carbocycles. The minimum absolute atomic E-state index is 0.0515. The third kappa shape index (κ3) is 3.87. The Morgan fingerprint density at radius 1 is 1.08 bits per heavy atom. The fourth-order valence-electron chi connectivity index (χ4n) is 3.19. The SMILES string of the molecule is COc1ccccc1C(=O)N1CCN(C(=O)CCc2ccnn2C)CC1. The summed E-state index contributed by atoms with van der Waals surface area (Å²) in [5, 5.41) is 4.12. The first-order chi connectivity index (χ1) is 12.6. The fraction of sp³-hybridized carbons (Fsp3) is 0.421. The number of rotatable bonds is 5. The van der Waals surface area contributed by atoms with Crippen molar-refractivity contribution in [3.63, 3.8) is 0 Å². The molecule has 2 aromatic rings. The Labute approximate surface area is 153 Å². The van der Waals surface area contributed by atoms with Gasteiger partial charge in [-0.3, -0.25) is 14.3 Å². The van der Waals surface area contributed by atoms with Crippen LogP contribution >= 0.6 is 0 Å². The van der Waals surface area contributed by atoms with E-state index in [0.717, 1.165) is 5.69 Å². The van der Waals surface area contributed by atoms with Crippen molar-refractivity contribution in [3.8, 4) is 5.75 Å². The second kappa shape index (κ2) is 8.03. The Morgan fingerprint density at radius 3 is 2.42 bits per heavy atom. The van der Waals surface area contributed by atoms with Crippen molar-refractivity contribution in [1.29, 1.82) is 0 Å². The minimum atomic E-state index is -0.0515. The number of amides is 2. The summed E-state index contributed by atoms with van der Waals surface area (Å²) < 4.78 is 7.06. The van der Waals surface area contributed by atoms with E-state index >= 15 is 0 Å². The van der Waals surface area contributed by atoms with E-state index in [4.69, 9.17) is 4.74 Å². The number of ether oxygens (including phenoxy) is 1. The molecule has 0 N–H and O–H groups in total. The van der Waals surface area contributed by atoms with Crippen LogP contribution in [-0.2, 0) is 18.3 Å². The lowest BCUT2D eigenvalue weighted by atomic mass is 10.1. The minimum Gasteiger partial charge on any atom is -0.496 e. The number of carbonyl (C=O) groups excluding carboxylic acids is 2. The molecule has 2 amide bonds. The highest BCUT2D eigenvalue weighted by atomic mass is 16.5. The zero-order chi connectivity index (χ0) is 18.5. The topological polar surface area (TPSA) is 67.7 Å². The van der Waals surface area contributed by atoms with E-state index in [2.05, 4.69) is 5.10 Å². The number of piperazine rings is 1. The second-order valence-corrected chi connectivity index (χ2v) is 6.32. The van der Waals surface area contributed by atoms with E-state index in [0.29, 0.717) is 50.3 Å². The second-order valence-electron chi connectivity index (χ2n) is 6.32. The van der Waals surface area contributed by atoms with Crippen molar-refractivity contribution in [2.24, 2.45) is 7.05 Å². The van der Waals surface area contributed by atoms with Crippen molar-refractivity contribution in [2.75, 3.05) is 33.3 Å². The maximum atomic E-state index is 12.7. The van der Waals surface area contributed by atoms with Gasteiger partial charge >= 0.3 is 0 Å². The van der Waals surface area contributed by atoms with Gasteiger partial charge in [0, 0.05) is 51.5 Å². The average molecular weight is 356 g/mol. The lowest BCUT2D eigenvalue weighted by Gasteiger charge is -2.35. The number of hydrogen-bond acceptors (Lipinski definition) is 4. The first kappa shape index (κ1) is 18.0. The van der Waals surface area contributed by atoms with E-state index in [1.807, 2.05) is 30.1 Å². The summed E-state index contributed by atoms with van der Waals surface area (Å²) in [6, 6.07) is 9.15. The van der Waals surface area contributed by atoms with Gasteiger partial charge in [-0.1, -0.05) is 12.1 Å². The zero-order valence-electron chi connectivity index (χ0n) is 15.2. The average Bonchev–Trinajstić information content (AvgIpc) is 3.10. The van der Waals surface area contributed by atoms with E-state index < -0.39 is 0 Å². The van der Waals surface area contributed by atoms with Crippen molar-refractivity contribution in [1.82, 2.24) is 19.6 Å². The Morgan fingerprint density at radius 2 is 1.77 bits per heavy atom. The van der Waals surface area contributed by atoms with Crippen molar-refractivity contribution in [2.45, 2.75) is 12.8 Å². The quantitative estimate of drug-likeness (QED) is 0.811. The Hall–Kier alpha value is -2.83. The van der Waals surface area contributed by atoms with Crippen LogP contribution in [0.25, 0.3) is 0 Å². The molecule has 0 atom stereocenters. The normalized spacial score (nSPS) is 14.4. The Balaban J connectivity index is 1.53. The standard InChI is InChI=1S/C19H24N4O3/c1-21-15(9-10-20-21)7-8-18(24)22-11-13-23(14-12-22)19(25)16-5-3-4-6-17(16)26-2/h3-6,9-10H,7-8,11-14H2,1-2H3. The molecule has 0 spiro atoms. The maximum absolute atomic E-state index is 12.7. The Bertz CT molecular complexity index is 779. The molecule has 7 nitrogen and oxygen atoms in total. The van der Waals surface area contributed by atoms with Crippen molar-refractivity contribution >= 4 is 11.8 Å². The largest absolute Gasteiger partial charge is 0.496 e. The van der Waals surface area contributed by atoms with Crippen LogP contribution in [0.15, 0.2) is 36.5 Å². The maximum Gasteiger partial charge on any atom is 0.257 e. The van der Waals surface area contributed by atoms with E-state index in [1.165, 1.54) is 0 Å². The summed E-state index contributed by atoms with van der Waals surface area (Å²) in [4.78, 5) is 28.7. The first-order valence-electron chi connectivity index (χ1n) is 8.77. The monoisotopic (exact) mass is 356 g/mol. The van der Waals surface area contributed by atoms with Crippen molar-refractivity contribution < 1.29 is 14.3 Å². The van der Waals surface area contributed by atoms with Crippen LogP contribution in [0.1, 0.15) is 22.5 Å². The summed E-state index contributed by atoms with van der Waals surface area (Å²) in [6.45, 7) is 2.19. The van der Waals surface area contributed by atoms with E-state index in [1.54, 1.807) is 35.0 Å². The lowest BCUT2D eigenvalue weighted by Crippen LogP contribution is -2.50. The molecule has 1 aliphatic rings. The number of para-hydroxylation sites is 1. The van der Waals surface area contributed by atoms with Gasteiger partial charge in [-0.2, -0.15) is 5.10 Å². The summed E-state index contributed by atoms with van der Waals surface area (Å²) >= 11 is 0. The molecule has 0 radical (unpaired) electrons. The molecule has 1 aromatic heterocycles. The van der Waals surface area contributed by atoms with Gasteiger partial charge in [0.2, 0.25) is 5.91 Å². The highest BCUT2D eigenvalue weighted by molar-refractivity contribution is 5.97. The molecule has 1 aliphatic heterocycles. The molecule has 0 bridgehead atoms. The summed E-state index contributed by atoms with van der Waals surface area (Å²) in [7, 11) is 3.44. The molecule has 0 aliphatic carbocycles. The van der Waals surface area contributed by atoms with Gasteiger partial charge in [0.05, 0.1) is 12.7 Å². The van der Waals surface area contributed by atoms with Crippen LogP contribution in [0.3, 0.4) is 0 Å². The lowest BCUT2D eigenvalue weighted by molar-refractivity contribution is -0.132. The Kier molecular flexibility index (Phi) is 5.55. The predicted molar refractivity (Wildman–Crippen MR) is 97.0 cm³/mol. The number of hydrogen-bond donors (Lipinski definition) is 0. The summed E-state index contributed by atoms with van der Waals surface area (Å²) in [5.41, 5.74) is 1.61. The molecule has 26 heavy (non-hydrogen) atoms. The smallest absolute Gasteiger partial charge is 0.257 e. The number of carbonyl (C=O) groups is 2. The molecule has 3 rings (SSSR count). The van der Waals surface area contributed by atoms with Crippen molar-refractivity contribution in [3.05, 3.63) is 47.8 Å². The zero-order valence-corrected chi connectivity index (χ0v) is 15.2. The molecule has 1 saturated heterocycles. The van der Waals surface area contributed by atoms with Crippen LogP contribution in [0.2, 0.25) is 0 Å². The molecule has 1 fully saturated rings. The van der Waals surface area contributed by atoms with Gasteiger partial charge in [0.15, 0.2) is 0 Å². The molecular weight excluding hydrogens is 332 g/mol. The number of benzene rings is 1. The van der Waals surface area contributed by atoms with Gasteiger partial charge in [-0.15, -0.1) is 0 Å². The molecule has 7 heteroatoms. The first-order valence-corrected chi connectivity index (χ1v) is 8.77. The molecule has 1 aromatic carbocycles. The highest BCUT2D eigenvalue weighted by Crippen LogP contribution is 2.20. The number of aromatic nitrogens is 2. The number of methoxy groups -OCH3 is 1. The summed E-state index contributed by atoms with van der Waals surface area (Å²) in [6.07, 6.45) is 2.87. The predicted octanol–water partition coefficient (Wildman–Crippen LogP) is 1.35. The van der Waals surface area contributed by atoms with E-state index in [9.17, 15) is 9.59 Å². The molecular formula is C19H24N4O3. The molecule has 0 unspecified atom stereocenters. The fourth-order valence-corrected chi connectivity index (χ4v) is 3.19. The highest BCUT2D eigenvalue weighted by Gasteiger charge is 2.26. The van der Waals surface area contributed by atoms with E-state index in [-0.39, 0.29) is 11.8 Å². The summed E-state index contributed by atoms with van der Waals surface area (Å²) in [5.74, 6) is 0.646. The molecule has 2 heterocycles. The third-order valence-corrected chi connectivity index (χ3v) is 4.77. The molecule has 138 valence electrons. The van der Waals surface area contributed by atoms with Crippen LogP contribution < -0.4 is 4.74 Å². The number of nitrogens with zero attached hydrogens (tertiary/aromatic N) is 4. The van der Waals surface area contributed by atoms with Crippen LogP contribution in [-0.4, -0.2) is 64.7 Å². The van der Waals surface area contributed by atoms with Crippen LogP contribution in [0, 0.1) is 0 Å². The van der Waals surface area contributed by atoms with Gasteiger partial charge in [-0.25, -0.2) is 0 Å². The number of aryl methyl sites for hydroxylation is 2. The van der Waals surface area contributed by atoms with Gasteiger partial charge in [0.25, 0.3) is 5.91 Å². The van der Waals surface area contributed by atoms with Gasteiger partial charge < -0.3 is 14.5 Å².